The fraction of sp³-hybridized carbons (Fsp3) is 0.464. The molecule has 4 fully saturated rings. The van der Waals surface area contributed by atoms with Crippen LogP contribution in [-0.2, 0) is 4.79 Å². The average molecular weight is 482 g/mol. The van der Waals surface area contributed by atoms with Crippen LogP contribution in [0.3, 0.4) is 0 Å². The lowest BCUT2D eigenvalue weighted by Gasteiger charge is -2.55. The van der Waals surface area contributed by atoms with Gasteiger partial charge in [0.1, 0.15) is 12.1 Å². The fourth-order valence-corrected chi connectivity index (χ4v) is 7.43. The molecule has 4 saturated carbocycles. The molecular formula is C28H31N7O. The van der Waals surface area contributed by atoms with Crippen molar-refractivity contribution in [2.45, 2.75) is 59.3 Å². The molecular weight excluding hydrogens is 450 g/mol. The van der Waals surface area contributed by atoms with Crippen LogP contribution in [0, 0.1) is 43.9 Å². The zero-order valence-electron chi connectivity index (χ0n) is 21.0. The van der Waals surface area contributed by atoms with Crippen LogP contribution in [0.4, 0.5) is 5.82 Å². The van der Waals surface area contributed by atoms with Gasteiger partial charge in [0.2, 0.25) is 5.91 Å². The molecule has 8 rings (SSSR count). The van der Waals surface area contributed by atoms with Gasteiger partial charge in [-0.3, -0.25) is 4.79 Å². The highest BCUT2D eigenvalue weighted by molar-refractivity contribution is 5.95. The van der Waals surface area contributed by atoms with Crippen LogP contribution >= 0.6 is 0 Å². The molecule has 4 aromatic rings. The van der Waals surface area contributed by atoms with Gasteiger partial charge in [0.25, 0.3) is 0 Å². The molecule has 3 heterocycles. The van der Waals surface area contributed by atoms with E-state index in [1.807, 2.05) is 23.7 Å². The van der Waals surface area contributed by atoms with Crippen molar-refractivity contribution in [2.24, 2.45) is 23.2 Å². The van der Waals surface area contributed by atoms with Gasteiger partial charge in [0.15, 0.2) is 11.5 Å². The second-order valence-electron chi connectivity index (χ2n) is 11.5. The first-order valence-corrected chi connectivity index (χ1v) is 13.0. The van der Waals surface area contributed by atoms with E-state index in [1.165, 1.54) is 30.4 Å². The Hall–Kier alpha value is -3.55. The lowest BCUT2D eigenvalue weighted by molar-refractivity contribution is -0.140. The Labute approximate surface area is 210 Å². The average Bonchev–Trinajstić information content (AvgIpc) is 3.43. The van der Waals surface area contributed by atoms with Crippen molar-refractivity contribution >= 4 is 22.8 Å². The minimum absolute atomic E-state index is 0.152. The number of benzene rings is 1. The Balaban J connectivity index is 1.25. The molecule has 1 aromatic carbocycles. The zero-order valence-corrected chi connectivity index (χ0v) is 21.0. The summed E-state index contributed by atoms with van der Waals surface area (Å²) in [7, 11) is 0. The van der Waals surface area contributed by atoms with E-state index in [1.54, 1.807) is 17.2 Å². The molecule has 4 aliphatic carbocycles. The number of aromatic nitrogens is 6. The maximum Gasteiger partial charge on any atom is 0.231 e. The Morgan fingerprint density at radius 1 is 0.944 bits per heavy atom. The largest absolute Gasteiger partial charge is 0.310 e. The second kappa shape index (κ2) is 7.72. The van der Waals surface area contributed by atoms with Gasteiger partial charge in [-0.05, 0) is 100 Å². The van der Waals surface area contributed by atoms with E-state index in [9.17, 15) is 4.79 Å². The third-order valence-corrected chi connectivity index (χ3v) is 8.87. The minimum Gasteiger partial charge on any atom is -0.310 e. The van der Waals surface area contributed by atoms with E-state index < -0.39 is 0 Å². The minimum atomic E-state index is -0.229. The summed E-state index contributed by atoms with van der Waals surface area (Å²) < 4.78 is 3.57. The summed E-state index contributed by atoms with van der Waals surface area (Å²) in [6, 6.07) is 8.18. The molecule has 3 aromatic heterocycles. The lowest BCUT2D eigenvalue weighted by atomic mass is 9.49. The van der Waals surface area contributed by atoms with Crippen molar-refractivity contribution in [3.8, 4) is 11.5 Å². The smallest absolute Gasteiger partial charge is 0.231 e. The molecule has 36 heavy (non-hydrogen) atoms. The number of carbonyl (C=O) groups excluding carboxylic acids is 1. The molecule has 8 heteroatoms. The van der Waals surface area contributed by atoms with Crippen molar-refractivity contribution in [1.29, 1.82) is 0 Å². The molecule has 1 amide bonds. The van der Waals surface area contributed by atoms with Gasteiger partial charge in [-0.2, -0.15) is 14.9 Å². The van der Waals surface area contributed by atoms with Crippen LogP contribution in [0.15, 0.2) is 36.8 Å². The van der Waals surface area contributed by atoms with Crippen molar-refractivity contribution in [1.82, 2.24) is 29.5 Å². The van der Waals surface area contributed by atoms with E-state index >= 15 is 0 Å². The van der Waals surface area contributed by atoms with Crippen molar-refractivity contribution in [3.63, 3.8) is 0 Å². The standard InChI is InChI=1S/C28H31N7O/c1-16-4-5-22(6-17(16)2)34-25-23(14-31-34)26(30-15-29-25)35-24(7-18(3)33-35)32-27(36)28-11-19-8-20(12-28)10-21(9-19)13-28/h4-7,14-15,19-21H,8-13H2,1-3H3,(H,32,36). The molecule has 0 unspecified atom stereocenters. The van der Waals surface area contributed by atoms with Crippen LogP contribution in [0.5, 0.6) is 0 Å². The number of nitrogens with zero attached hydrogens (tertiary/aromatic N) is 6. The van der Waals surface area contributed by atoms with Gasteiger partial charge < -0.3 is 5.32 Å². The Kier molecular flexibility index (Phi) is 4.66. The van der Waals surface area contributed by atoms with Gasteiger partial charge in [-0.1, -0.05) is 6.07 Å². The molecule has 1 N–H and O–H groups in total. The van der Waals surface area contributed by atoms with Crippen molar-refractivity contribution in [3.05, 3.63) is 53.6 Å². The highest BCUT2D eigenvalue weighted by atomic mass is 16.2. The molecule has 0 atom stereocenters. The molecule has 8 nitrogen and oxygen atoms in total. The lowest BCUT2D eigenvalue weighted by Crippen LogP contribution is -2.51. The molecule has 0 aliphatic heterocycles. The van der Waals surface area contributed by atoms with Crippen LogP contribution in [0.2, 0.25) is 0 Å². The highest BCUT2D eigenvalue weighted by Gasteiger charge is 2.54. The van der Waals surface area contributed by atoms with Crippen LogP contribution in [-0.4, -0.2) is 35.4 Å². The van der Waals surface area contributed by atoms with Crippen LogP contribution < -0.4 is 5.32 Å². The number of fused-ring (bicyclic) bond motifs is 1. The predicted octanol–water partition coefficient (Wildman–Crippen LogP) is 5.08. The normalized spacial score (nSPS) is 26.6. The number of anilines is 1. The van der Waals surface area contributed by atoms with E-state index in [0.717, 1.165) is 36.0 Å². The molecule has 184 valence electrons. The fourth-order valence-electron chi connectivity index (χ4n) is 7.43. The van der Waals surface area contributed by atoms with E-state index in [2.05, 4.69) is 46.4 Å². The predicted molar refractivity (Wildman–Crippen MR) is 137 cm³/mol. The Morgan fingerprint density at radius 2 is 1.67 bits per heavy atom. The molecule has 0 saturated heterocycles. The number of rotatable bonds is 4. The van der Waals surface area contributed by atoms with E-state index in [4.69, 9.17) is 5.10 Å². The van der Waals surface area contributed by atoms with E-state index in [-0.39, 0.29) is 11.3 Å². The third kappa shape index (κ3) is 3.30. The first-order valence-electron chi connectivity index (χ1n) is 13.0. The number of aryl methyl sites for hydroxylation is 3. The Morgan fingerprint density at radius 3 is 2.36 bits per heavy atom. The molecule has 4 aliphatic rings. The summed E-state index contributed by atoms with van der Waals surface area (Å²) in [6.45, 7) is 6.13. The van der Waals surface area contributed by atoms with Crippen LogP contribution in [0.25, 0.3) is 22.5 Å². The first kappa shape index (κ1) is 21.7. The second-order valence-corrected chi connectivity index (χ2v) is 11.5. The summed E-state index contributed by atoms with van der Waals surface area (Å²) in [5.74, 6) is 3.57. The number of nitrogens with one attached hydrogen (secondary N) is 1. The van der Waals surface area contributed by atoms with Gasteiger partial charge >= 0.3 is 0 Å². The van der Waals surface area contributed by atoms with Gasteiger partial charge in [0, 0.05) is 6.07 Å². The summed E-state index contributed by atoms with van der Waals surface area (Å²) in [5.41, 5.74) is 4.68. The van der Waals surface area contributed by atoms with Gasteiger partial charge in [-0.25, -0.2) is 14.6 Å². The monoisotopic (exact) mass is 481 g/mol. The number of carbonyl (C=O) groups is 1. The van der Waals surface area contributed by atoms with Gasteiger partial charge in [-0.15, -0.1) is 0 Å². The molecule has 0 radical (unpaired) electrons. The number of hydrogen-bond donors (Lipinski definition) is 1. The summed E-state index contributed by atoms with van der Waals surface area (Å²) in [5, 5.41) is 13.4. The number of hydrogen-bond acceptors (Lipinski definition) is 5. The third-order valence-electron chi connectivity index (χ3n) is 8.87. The van der Waals surface area contributed by atoms with E-state index in [0.29, 0.717) is 35.0 Å². The maximum atomic E-state index is 13.8. The number of amides is 1. The molecule has 4 bridgehead atoms. The highest BCUT2D eigenvalue weighted by Crippen LogP contribution is 2.60. The maximum absolute atomic E-state index is 13.8. The summed E-state index contributed by atoms with van der Waals surface area (Å²) >= 11 is 0. The van der Waals surface area contributed by atoms with Crippen molar-refractivity contribution in [2.75, 3.05) is 5.32 Å². The van der Waals surface area contributed by atoms with Crippen molar-refractivity contribution < 1.29 is 4.79 Å². The quantitative estimate of drug-likeness (QED) is 0.439. The van der Waals surface area contributed by atoms with Crippen LogP contribution in [0.1, 0.15) is 55.3 Å². The van der Waals surface area contributed by atoms with Gasteiger partial charge in [0.05, 0.1) is 28.4 Å². The first-order chi connectivity index (χ1) is 17.4. The zero-order chi connectivity index (χ0) is 24.6. The molecule has 0 spiro atoms. The Bertz CT molecular complexity index is 1480. The topological polar surface area (TPSA) is 90.5 Å². The summed E-state index contributed by atoms with van der Waals surface area (Å²) in [6.07, 6.45) is 10.3. The SMILES string of the molecule is Cc1cc(NC(=O)C23CC4CC(CC(C4)C2)C3)n(-c2ncnc3c2cnn3-c2ccc(C)c(C)c2)n1. The summed E-state index contributed by atoms with van der Waals surface area (Å²) in [4.78, 5) is 22.9.